The van der Waals surface area contributed by atoms with E-state index < -0.39 is 0 Å². The van der Waals surface area contributed by atoms with Crippen LogP contribution in [0.1, 0.15) is 13.3 Å². The summed E-state index contributed by atoms with van der Waals surface area (Å²) in [6.07, 6.45) is 1.03. The van der Waals surface area contributed by atoms with Crippen LogP contribution in [0.15, 0.2) is 0 Å². The Morgan fingerprint density at radius 1 is 1.70 bits per heavy atom. The summed E-state index contributed by atoms with van der Waals surface area (Å²) in [5.74, 6) is 0.173. The molecular formula is C7H11NO2. The van der Waals surface area contributed by atoms with Gasteiger partial charge >= 0.3 is 0 Å². The minimum Gasteiger partial charge on any atom is -0.368 e. The smallest absolute Gasteiger partial charge is 0.219 e. The van der Waals surface area contributed by atoms with Crippen molar-refractivity contribution in [2.75, 3.05) is 19.7 Å². The van der Waals surface area contributed by atoms with Crippen molar-refractivity contribution in [1.82, 2.24) is 4.90 Å². The fraction of sp³-hybridized carbons (Fsp3) is 0.857. The van der Waals surface area contributed by atoms with Gasteiger partial charge < -0.3 is 9.64 Å². The Morgan fingerprint density at radius 2 is 2.40 bits per heavy atom. The van der Waals surface area contributed by atoms with Gasteiger partial charge in [0, 0.05) is 13.5 Å². The van der Waals surface area contributed by atoms with Crippen LogP contribution in [0.4, 0.5) is 0 Å². The molecule has 1 spiro atoms. The van der Waals surface area contributed by atoms with E-state index in [-0.39, 0.29) is 11.5 Å². The van der Waals surface area contributed by atoms with Crippen LogP contribution in [-0.4, -0.2) is 36.1 Å². The van der Waals surface area contributed by atoms with Crippen molar-refractivity contribution < 1.29 is 9.53 Å². The molecule has 3 nitrogen and oxygen atoms in total. The lowest BCUT2D eigenvalue weighted by molar-refractivity contribution is -0.127. The van der Waals surface area contributed by atoms with Crippen LogP contribution in [0.2, 0.25) is 0 Å². The van der Waals surface area contributed by atoms with E-state index in [0.717, 1.165) is 26.1 Å². The lowest BCUT2D eigenvalue weighted by atomic mass is 10.1. The van der Waals surface area contributed by atoms with Crippen LogP contribution in [0, 0.1) is 0 Å². The molecule has 2 fully saturated rings. The molecule has 1 amide bonds. The Bertz CT molecular complexity index is 174. The molecule has 0 aromatic heterocycles. The zero-order valence-corrected chi connectivity index (χ0v) is 6.09. The summed E-state index contributed by atoms with van der Waals surface area (Å²) < 4.78 is 5.24. The Labute approximate surface area is 60.0 Å². The van der Waals surface area contributed by atoms with Gasteiger partial charge in [-0.3, -0.25) is 4.79 Å². The molecule has 2 aliphatic heterocycles. The number of hydrogen-bond donors (Lipinski definition) is 0. The minimum absolute atomic E-state index is 0.103. The summed E-state index contributed by atoms with van der Waals surface area (Å²) in [4.78, 5) is 12.7. The third-order valence-electron chi connectivity index (χ3n) is 2.31. The van der Waals surface area contributed by atoms with Crippen molar-refractivity contribution in [2.24, 2.45) is 0 Å². The number of carbonyl (C=O) groups excluding carboxylic acids is 1. The van der Waals surface area contributed by atoms with Gasteiger partial charge in [-0.1, -0.05) is 0 Å². The number of likely N-dealkylation sites (tertiary alicyclic amines) is 1. The first-order valence-corrected chi connectivity index (χ1v) is 3.61. The maximum Gasteiger partial charge on any atom is 0.219 e. The molecule has 0 bridgehead atoms. The zero-order chi connectivity index (χ0) is 7.19. The van der Waals surface area contributed by atoms with Crippen molar-refractivity contribution >= 4 is 5.91 Å². The van der Waals surface area contributed by atoms with Gasteiger partial charge in [0.15, 0.2) is 0 Å². The molecule has 10 heavy (non-hydrogen) atoms. The molecule has 2 heterocycles. The highest BCUT2D eigenvalue weighted by atomic mass is 16.6. The highest BCUT2D eigenvalue weighted by Gasteiger charge is 2.50. The zero-order valence-electron chi connectivity index (χ0n) is 6.09. The lowest BCUT2D eigenvalue weighted by Gasteiger charge is -2.11. The van der Waals surface area contributed by atoms with Gasteiger partial charge in [-0.15, -0.1) is 0 Å². The van der Waals surface area contributed by atoms with Crippen molar-refractivity contribution in [3.63, 3.8) is 0 Å². The standard InChI is InChI=1S/C7H11NO2/c1-6(9)8-3-2-7(4-8)5-10-7/h2-5H2,1H3. The topological polar surface area (TPSA) is 32.8 Å². The highest BCUT2D eigenvalue weighted by molar-refractivity contribution is 5.73. The van der Waals surface area contributed by atoms with Crippen molar-refractivity contribution in [2.45, 2.75) is 18.9 Å². The van der Waals surface area contributed by atoms with E-state index in [9.17, 15) is 4.79 Å². The summed E-state index contributed by atoms with van der Waals surface area (Å²) in [7, 11) is 0. The molecule has 2 rings (SSSR count). The largest absolute Gasteiger partial charge is 0.368 e. The molecule has 2 saturated heterocycles. The Balaban J connectivity index is 1.99. The van der Waals surface area contributed by atoms with Crippen LogP contribution in [0.3, 0.4) is 0 Å². The van der Waals surface area contributed by atoms with Crippen LogP contribution in [0.25, 0.3) is 0 Å². The van der Waals surface area contributed by atoms with Crippen molar-refractivity contribution in [3.05, 3.63) is 0 Å². The van der Waals surface area contributed by atoms with Crippen LogP contribution >= 0.6 is 0 Å². The molecule has 2 aliphatic rings. The number of ether oxygens (including phenoxy) is 1. The second-order valence-corrected chi connectivity index (χ2v) is 3.16. The summed E-state index contributed by atoms with van der Waals surface area (Å²) >= 11 is 0. The second-order valence-electron chi connectivity index (χ2n) is 3.16. The quantitative estimate of drug-likeness (QED) is 0.445. The van der Waals surface area contributed by atoms with E-state index in [2.05, 4.69) is 0 Å². The first-order valence-electron chi connectivity index (χ1n) is 3.61. The summed E-state index contributed by atoms with van der Waals surface area (Å²) in [5.41, 5.74) is 0.103. The maximum absolute atomic E-state index is 10.8. The number of hydrogen-bond acceptors (Lipinski definition) is 2. The van der Waals surface area contributed by atoms with Gasteiger partial charge in [0.25, 0.3) is 0 Å². The molecule has 1 atom stereocenters. The van der Waals surface area contributed by atoms with Gasteiger partial charge in [-0.2, -0.15) is 0 Å². The summed E-state index contributed by atoms with van der Waals surface area (Å²) in [6.45, 7) is 4.18. The molecule has 0 aromatic rings. The van der Waals surface area contributed by atoms with Crippen molar-refractivity contribution in [1.29, 1.82) is 0 Å². The molecular weight excluding hydrogens is 130 g/mol. The minimum atomic E-state index is 0.103. The Morgan fingerprint density at radius 3 is 2.70 bits per heavy atom. The number of carbonyl (C=O) groups is 1. The number of rotatable bonds is 0. The second kappa shape index (κ2) is 1.72. The molecule has 0 radical (unpaired) electrons. The van der Waals surface area contributed by atoms with Crippen molar-refractivity contribution in [3.8, 4) is 0 Å². The predicted molar refractivity (Wildman–Crippen MR) is 35.6 cm³/mol. The van der Waals surface area contributed by atoms with Gasteiger partial charge in [-0.05, 0) is 6.42 Å². The first kappa shape index (κ1) is 6.16. The third-order valence-corrected chi connectivity index (χ3v) is 2.31. The fourth-order valence-electron chi connectivity index (χ4n) is 1.45. The Hall–Kier alpha value is -0.570. The van der Waals surface area contributed by atoms with Gasteiger partial charge in [0.05, 0.1) is 13.2 Å². The number of amides is 1. The molecule has 0 aliphatic carbocycles. The first-order chi connectivity index (χ1) is 4.72. The summed E-state index contributed by atoms with van der Waals surface area (Å²) in [6, 6.07) is 0. The van der Waals surface area contributed by atoms with Crippen LogP contribution < -0.4 is 0 Å². The van der Waals surface area contributed by atoms with Crippen LogP contribution in [0.5, 0.6) is 0 Å². The molecule has 0 N–H and O–H groups in total. The molecule has 56 valence electrons. The molecule has 1 unspecified atom stereocenters. The Kier molecular flexibility index (Phi) is 1.06. The molecule has 0 aromatic carbocycles. The lowest BCUT2D eigenvalue weighted by Crippen LogP contribution is -2.27. The van der Waals surface area contributed by atoms with E-state index in [4.69, 9.17) is 4.74 Å². The average Bonchev–Trinajstić information content (AvgIpc) is 2.41. The fourth-order valence-corrected chi connectivity index (χ4v) is 1.45. The van der Waals surface area contributed by atoms with Gasteiger partial charge in [0.2, 0.25) is 5.91 Å². The van der Waals surface area contributed by atoms with E-state index in [0.29, 0.717) is 0 Å². The van der Waals surface area contributed by atoms with Crippen LogP contribution in [-0.2, 0) is 9.53 Å². The molecule has 3 heteroatoms. The van der Waals surface area contributed by atoms with E-state index in [1.165, 1.54) is 0 Å². The maximum atomic E-state index is 10.8. The molecule has 0 saturated carbocycles. The monoisotopic (exact) mass is 141 g/mol. The highest BCUT2D eigenvalue weighted by Crippen LogP contribution is 2.36. The summed E-state index contributed by atoms with van der Waals surface area (Å²) in [5, 5.41) is 0. The van der Waals surface area contributed by atoms with Gasteiger partial charge in [0.1, 0.15) is 5.60 Å². The van der Waals surface area contributed by atoms with Gasteiger partial charge in [-0.25, -0.2) is 0 Å². The van der Waals surface area contributed by atoms with E-state index in [1.54, 1.807) is 6.92 Å². The van der Waals surface area contributed by atoms with E-state index in [1.807, 2.05) is 4.90 Å². The predicted octanol–water partition coefficient (Wildman–Crippen LogP) is 0.00760. The third kappa shape index (κ3) is 0.814. The number of epoxide rings is 1. The SMILES string of the molecule is CC(=O)N1CCC2(CO2)C1. The van der Waals surface area contributed by atoms with E-state index >= 15 is 0 Å². The number of nitrogens with zero attached hydrogens (tertiary/aromatic N) is 1. The average molecular weight is 141 g/mol. The normalized spacial score (nSPS) is 37.1.